The second-order valence-electron chi connectivity index (χ2n) is 3.49. The van der Waals surface area contributed by atoms with Crippen LogP contribution in [0.5, 0.6) is 11.5 Å². The molecule has 4 heteroatoms. The Labute approximate surface area is 106 Å². The first kappa shape index (κ1) is 11.3. The Morgan fingerprint density at radius 1 is 1.20 bits per heavy atom. The molecule has 2 rings (SSSR count). The predicted molar refractivity (Wildman–Crippen MR) is 67.1 cm³/mol. The molecule has 0 spiro atoms. The van der Waals surface area contributed by atoms with E-state index in [1.807, 2.05) is 12.1 Å². The summed E-state index contributed by atoms with van der Waals surface area (Å²) in [5.74, 6) is 1.67. The maximum absolute atomic E-state index is 5.63. The van der Waals surface area contributed by atoms with Crippen LogP contribution in [0.1, 0.15) is 23.7 Å². The van der Waals surface area contributed by atoms with Gasteiger partial charge in [-0.1, -0.05) is 31.9 Å². The van der Waals surface area contributed by atoms with Crippen LogP contribution in [0.15, 0.2) is 16.6 Å². The van der Waals surface area contributed by atoms with E-state index in [2.05, 4.69) is 38.8 Å². The summed E-state index contributed by atoms with van der Waals surface area (Å²) >= 11 is 7.09. The predicted octanol–water partition coefficient (Wildman–Crippen LogP) is 4.07. The summed E-state index contributed by atoms with van der Waals surface area (Å²) in [6, 6.07) is 4.01. The van der Waals surface area contributed by atoms with E-state index in [1.165, 1.54) is 5.56 Å². The van der Waals surface area contributed by atoms with Gasteiger partial charge in [-0.25, -0.2) is 0 Å². The van der Waals surface area contributed by atoms with E-state index in [0.29, 0.717) is 4.83 Å². The zero-order chi connectivity index (χ0) is 10.8. The first-order chi connectivity index (χ1) is 7.18. The maximum atomic E-state index is 5.63. The van der Waals surface area contributed by atoms with Crippen LogP contribution in [0.25, 0.3) is 0 Å². The smallest absolute Gasteiger partial charge is 0.162 e. The standard InChI is InChI=1S/C11H12Br2O2/c1-7(12)8-5-10-11(6-9(8)13)15-4-2-3-14-10/h5-7H,2-4H2,1H3. The molecule has 0 N–H and O–H groups in total. The molecule has 0 amide bonds. The average molecular weight is 336 g/mol. The first-order valence-corrected chi connectivity index (χ1v) is 6.62. The van der Waals surface area contributed by atoms with Crippen molar-refractivity contribution in [3.63, 3.8) is 0 Å². The van der Waals surface area contributed by atoms with Crippen molar-refractivity contribution >= 4 is 31.9 Å². The Kier molecular flexibility index (Phi) is 3.57. The molecule has 0 fully saturated rings. The van der Waals surface area contributed by atoms with Crippen LogP contribution in [-0.2, 0) is 0 Å². The highest BCUT2D eigenvalue weighted by atomic mass is 79.9. The summed E-state index contributed by atoms with van der Waals surface area (Å²) in [5.41, 5.74) is 1.18. The van der Waals surface area contributed by atoms with Gasteiger partial charge >= 0.3 is 0 Å². The van der Waals surface area contributed by atoms with E-state index in [0.717, 1.165) is 35.6 Å². The molecule has 82 valence electrons. The monoisotopic (exact) mass is 334 g/mol. The quantitative estimate of drug-likeness (QED) is 0.720. The lowest BCUT2D eigenvalue weighted by Gasteiger charge is -2.12. The SMILES string of the molecule is CC(Br)c1cc2c(cc1Br)OCCCO2. The van der Waals surface area contributed by atoms with Gasteiger partial charge in [-0.3, -0.25) is 0 Å². The molecule has 1 aromatic carbocycles. The van der Waals surface area contributed by atoms with Gasteiger partial charge in [-0.05, 0) is 24.6 Å². The Balaban J connectivity index is 2.42. The van der Waals surface area contributed by atoms with Crippen LogP contribution in [0, 0.1) is 0 Å². The summed E-state index contributed by atoms with van der Waals surface area (Å²) in [6.07, 6.45) is 0.936. The summed E-state index contributed by atoms with van der Waals surface area (Å²) in [4.78, 5) is 0.295. The number of benzene rings is 1. The minimum Gasteiger partial charge on any atom is -0.490 e. The number of alkyl halides is 1. The van der Waals surface area contributed by atoms with Gasteiger partial charge in [0.15, 0.2) is 11.5 Å². The van der Waals surface area contributed by atoms with E-state index in [-0.39, 0.29) is 0 Å². The van der Waals surface area contributed by atoms with Crippen LogP contribution in [0.4, 0.5) is 0 Å². The minimum atomic E-state index is 0.295. The van der Waals surface area contributed by atoms with Crippen molar-refractivity contribution in [1.29, 1.82) is 0 Å². The molecule has 0 radical (unpaired) electrons. The highest BCUT2D eigenvalue weighted by molar-refractivity contribution is 9.11. The largest absolute Gasteiger partial charge is 0.490 e. The normalized spacial score (nSPS) is 17.0. The average Bonchev–Trinajstić information content (AvgIpc) is 2.40. The van der Waals surface area contributed by atoms with Crippen LogP contribution >= 0.6 is 31.9 Å². The van der Waals surface area contributed by atoms with Gasteiger partial charge in [-0.15, -0.1) is 0 Å². The lowest BCUT2D eigenvalue weighted by atomic mass is 10.1. The van der Waals surface area contributed by atoms with Crippen LogP contribution in [-0.4, -0.2) is 13.2 Å². The maximum Gasteiger partial charge on any atom is 0.162 e. The Bertz CT molecular complexity index is 364. The topological polar surface area (TPSA) is 18.5 Å². The number of fused-ring (bicyclic) bond motifs is 1. The second-order valence-corrected chi connectivity index (χ2v) is 5.71. The van der Waals surface area contributed by atoms with Gasteiger partial charge in [0.1, 0.15) is 0 Å². The molecule has 1 unspecified atom stereocenters. The van der Waals surface area contributed by atoms with Crippen molar-refractivity contribution in [2.24, 2.45) is 0 Å². The highest BCUT2D eigenvalue weighted by Crippen LogP contribution is 2.39. The summed E-state index contributed by atoms with van der Waals surface area (Å²) in [7, 11) is 0. The third-order valence-corrected chi connectivity index (χ3v) is 3.48. The summed E-state index contributed by atoms with van der Waals surface area (Å²) < 4.78 is 12.3. The zero-order valence-electron chi connectivity index (χ0n) is 8.43. The molecule has 2 nitrogen and oxygen atoms in total. The van der Waals surface area contributed by atoms with Crippen molar-refractivity contribution in [3.8, 4) is 11.5 Å². The number of halogens is 2. The van der Waals surface area contributed by atoms with Gasteiger partial charge in [0, 0.05) is 15.7 Å². The highest BCUT2D eigenvalue weighted by Gasteiger charge is 2.15. The van der Waals surface area contributed by atoms with Crippen molar-refractivity contribution in [2.75, 3.05) is 13.2 Å². The number of ether oxygens (including phenoxy) is 2. The zero-order valence-corrected chi connectivity index (χ0v) is 11.6. The van der Waals surface area contributed by atoms with Gasteiger partial charge < -0.3 is 9.47 Å². The van der Waals surface area contributed by atoms with Gasteiger partial charge in [0.25, 0.3) is 0 Å². The molecule has 1 aliphatic rings. The fourth-order valence-corrected chi connectivity index (χ4v) is 2.86. The Hall–Kier alpha value is -0.220. The van der Waals surface area contributed by atoms with Crippen LogP contribution < -0.4 is 9.47 Å². The molecule has 0 aliphatic carbocycles. The van der Waals surface area contributed by atoms with E-state index in [9.17, 15) is 0 Å². The molecule has 0 saturated heterocycles. The van der Waals surface area contributed by atoms with E-state index in [1.54, 1.807) is 0 Å². The van der Waals surface area contributed by atoms with E-state index < -0.39 is 0 Å². The molecule has 0 saturated carbocycles. The minimum absolute atomic E-state index is 0.295. The van der Waals surface area contributed by atoms with Crippen LogP contribution in [0.2, 0.25) is 0 Å². The lowest BCUT2D eigenvalue weighted by Crippen LogP contribution is -1.97. The second kappa shape index (κ2) is 4.74. The molecule has 0 aromatic heterocycles. The Morgan fingerprint density at radius 2 is 1.80 bits per heavy atom. The summed E-state index contributed by atoms with van der Waals surface area (Å²) in [5, 5.41) is 0. The van der Waals surface area contributed by atoms with E-state index >= 15 is 0 Å². The molecule has 15 heavy (non-hydrogen) atoms. The van der Waals surface area contributed by atoms with Crippen molar-refractivity contribution in [3.05, 3.63) is 22.2 Å². The number of hydrogen-bond donors (Lipinski definition) is 0. The third-order valence-electron chi connectivity index (χ3n) is 2.30. The van der Waals surface area contributed by atoms with Crippen molar-refractivity contribution < 1.29 is 9.47 Å². The Morgan fingerprint density at radius 3 is 2.40 bits per heavy atom. The lowest BCUT2D eigenvalue weighted by molar-refractivity contribution is 0.297. The molecule has 1 heterocycles. The molecule has 0 bridgehead atoms. The molecular weight excluding hydrogens is 324 g/mol. The molecular formula is C11H12Br2O2. The fourth-order valence-electron chi connectivity index (χ4n) is 1.50. The third kappa shape index (κ3) is 2.48. The first-order valence-electron chi connectivity index (χ1n) is 4.91. The summed E-state index contributed by atoms with van der Waals surface area (Å²) in [6.45, 7) is 3.54. The van der Waals surface area contributed by atoms with Gasteiger partial charge in [0.2, 0.25) is 0 Å². The van der Waals surface area contributed by atoms with Gasteiger partial charge in [0.05, 0.1) is 13.2 Å². The van der Waals surface area contributed by atoms with Crippen molar-refractivity contribution in [2.45, 2.75) is 18.2 Å². The van der Waals surface area contributed by atoms with Crippen LogP contribution in [0.3, 0.4) is 0 Å². The number of rotatable bonds is 1. The molecule has 1 atom stereocenters. The van der Waals surface area contributed by atoms with E-state index in [4.69, 9.17) is 9.47 Å². The van der Waals surface area contributed by atoms with Gasteiger partial charge in [-0.2, -0.15) is 0 Å². The molecule has 1 aromatic rings. The van der Waals surface area contributed by atoms with Crippen molar-refractivity contribution in [1.82, 2.24) is 0 Å². The fraction of sp³-hybridized carbons (Fsp3) is 0.455. The molecule has 1 aliphatic heterocycles. The number of hydrogen-bond acceptors (Lipinski definition) is 2.